The minimum atomic E-state index is 0.609. The monoisotopic (exact) mass is 352 g/mol. The van der Waals surface area contributed by atoms with Crippen molar-refractivity contribution >= 4 is 0 Å². The lowest BCUT2D eigenvalue weighted by atomic mass is 9.73. The predicted molar refractivity (Wildman–Crippen MR) is 117 cm³/mol. The Kier molecular flexibility index (Phi) is 8.19. The van der Waals surface area contributed by atoms with Gasteiger partial charge in [0.2, 0.25) is 0 Å². The van der Waals surface area contributed by atoms with Crippen LogP contribution in [0.15, 0.2) is 47.1 Å². The lowest BCUT2D eigenvalue weighted by Crippen LogP contribution is -2.17. The molecular weight excluding hydrogens is 312 g/mol. The van der Waals surface area contributed by atoms with E-state index in [1.165, 1.54) is 50.5 Å². The van der Waals surface area contributed by atoms with Crippen LogP contribution in [0.5, 0.6) is 0 Å². The van der Waals surface area contributed by atoms with Crippen molar-refractivity contribution in [3.63, 3.8) is 0 Å². The number of benzene rings is 1. The van der Waals surface area contributed by atoms with Crippen LogP contribution in [0.3, 0.4) is 0 Å². The molecule has 0 bridgehead atoms. The molecule has 2 rings (SSSR count). The normalized spacial score (nSPS) is 20.1. The summed E-state index contributed by atoms with van der Waals surface area (Å²) in [7, 11) is 0. The van der Waals surface area contributed by atoms with Crippen LogP contribution in [0.4, 0.5) is 0 Å². The first-order chi connectivity index (χ1) is 12.6. The van der Waals surface area contributed by atoms with Gasteiger partial charge in [-0.25, -0.2) is 0 Å². The fraction of sp³-hybridized carbons (Fsp3) is 0.615. The first-order valence-electron chi connectivity index (χ1n) is 11.0. The third kappa shape index (κ3) is 4.70. The molecule has 0 heteroatoms. The fourth-order valence-electron chi connectivity index (χ4n) is 5.13. The van der Waals surface area contributed by atoms with E-state index in [4.69, 9.17) is 0 Å². The molecule has 0 amide bonds. The van der Waals surface area contributed by atoms with Crippen LogP contribution in [0.25, 0.3) is 0 Å². The van der Waals surface area contributed by atoms with E-state index in [1.807, 2.05) is 0 Å². The molecule has 1 aliphatic carbocycles. The average Bonchev–Trinajstić information content (AvgIpc) is 2.75. The van der Waals surface area contributed by atoms with Crippen LogP contribution in [-0.4, -0.2) is 0 Å². The van der Waals surface area contributed by atoms with Gasteiger partial charge >= 0.3 is 0 Å². The smallest absolute Gasteiger partial charge is 0.00849 e. The van der Waals surface area contributed by atoms with E-state index in [0.29, 0.717) is 11.8 Å². The van der Waals surface area contributed by atoms with Crippen molar-refractivity contribution in [3.05, 3.63) is 58.2 Å². The maximum atomic E-state index is 2.50. The highest BCUT2D eigenvalue weighted by Crippen LogP contribution is 2.48. The van der Waals surface area contributed by atoms with Crippen molar-refractivity contribution in [2.45, 2.75) is 98.3 Å². The summed E-state index contributed by atoms with van der Waals surface area (Å²) in [5.41, 5.74) is 8.06. The first-order valence-corrected chi connectivity index (χ1v) is 11.0. The Labute approximate surface area is 162 Å². The van der Waals surface area contributed by atoms with Crippen LogP contribution in [0, 0.1) is 5.92 Å². The zero-order chi connectivity index (χ0) is 19.1. The Bertz CT molecular complexity index is 621. The molecule has 0 saturated heterocycles. The minimum absolute atomic E-state index is 0.609. The minimum Gasteiger partial charge on any atom is -0.0762 e. The molecule has 1 aliphatic rings. The predicted octanol–water partition coefficient (Wildman–Crippen LogP) is 8.56. The summed E-state index contributed by atoms with van der Waals surface area (Å²) >= 11 is 0. The van der Waals surface area contributed by atoms with Crippen molar-refractivity contribution in [1.82, 2.24) is 0 Å². The maximum absolute atomic E-state index is 2.50. The molecule has 1 unspecified atom stereocenters. The van der Waals surface area contributed by atoms with Gasteiger partial charge in [0.1, 0.15) is 0 Å². The molecule has 26 heavy (non-hydrogen) atoms. The second-order valence-electron chi connectivity index (χ2n) is 8.38. The van der Waals surface area contributed by atoms with Gasteiger partial charge in [-0.15, -0.1) is 0 Å². The van der Waals surface area contributed by atoms with E-state index in [-0.39, 0.29) is 0 Å². The van der Waals surface area contributed by atoms with E-state index >= 15 is 0 Å². The molecule has 0 saturated carbocycles. The fourth-order valence-corrected chi connectivity index (χ4v) is 5.13. The Balaban J connectivity index is 2.70. The van der Waals surface area contributed by atoms with Crippen molar-refractivity contribution in [3.8, 4) is 0 Å². The Morgan fingerprint density at radius 3 is 2.12 bits per heavy atom. The number of rotatable bonds is 8. The number of fused-ring (bicyclic) bond motifs is 1. The quantitative estimate of drug-likeness (QED) is 0.439. The van der Waals surface area contributed by atoms with Crippen LogP contribution >= 0.6 is 0 Å². The van der Waals surface area contributed by atoms with Gasteiger partial charge in [0.25, 0.3) is 0 Å². The highest BCUT2D eigenvalue weighted by atomic mass is 14.4. The van der Waals surface area contributed by atoms with Gasteiger partial charge in [-0.05, 0) is 74.5 Å². The maximum Gasteiger partial charge on any atom is 0.00849 e. The van der Waals surface area contributed by atoms with E-state index < -0.39 is 0 Å². The summed E-state index contributed by atoms with van der Waals surface area (Å²) < 4.78 is 0. The van der Waals surface area contributed by atoms with Gasteiger partial charge < -0.3 is 0 Å². The second kappa shape index (κ2) is 10.1. The number of allylic oxidation sites excluding steroid dienone is 4. The summed E-state index contributed by atoms with van der Waals surface area (Å²) in [4.78, 5) is 0. The lowest BCUT2D eigenvalue weighted by molar-refractivity contribution is 0.386. The van der Waals surface area contributed by atoms with E-state index in [1.54, 1.807) is 22.3 Å². The van der Waals surface area contributed by atoms with Gasteiger partial charge in [-0.2, -0.15) is 0 Å². The molecule has 0 heterocycles. The summed E-state index contributed by atoms with van der Waals surface area (Å²) in [6, 6.07) is 9.39. The molecule has 0 N–H and O–H groups in total. The molecule has 0 spiro atoms. The van der Waals surface area contributed by atoms with Crippen LogP contribution in [-0.2, 0) is 0 Å². The number of hydrogen-bond donors (Lipinski definition) is 0. The lowest BCUT2D eigenvalue weighted by Gasteiger charge is -2.31. The third-order valence-corrected chi connectivity index (χ3v) is 6.15. The van der Waals surface area contributed by atoms with Gasteiger partial charge in [0, 0.05) is 5.92 Å². The second-order valence-corrected chi connectivity index (χ2v) is 8.38. The molecule has 0 fully saturated rings. The molecular formula is C26H40. The van der Waals surface area contributed by atoms with Gasteiger partial charge in [-0.3, -0.25) is 0 Å². The van der Waals surface area contributed by atoms with Gasteiger partial charge in [0.15, 0.2) is 0 Å². The standard InChI is InChI=1S/C26H40/c1-7-13-21(14-8-2)26-23(10-4)22(17-19(5)6)18-20(9-3)24-15-11-12-16-25(24)26/h11-12,15-17,20-21,26H,7-10,13-14,18H2,1-6H3/t20-,26?/m0/s1. The summed E-state index contributed by atoms with van der Waals surface area (Å²) in [6.45, 7) is 14.0. The Hall–Kier alpha value is -1.30. The highest BCUT2D eigenvalue weighted by molar-refractivity contribution is 5.46. The van der Waals surface area contributed by atoms with Crippen molar-refractivity contribution in [2.24, 2.45) is 5.92 Å². The van der Waals surface area contributed by atoms with Crippen LogP contribution in [0.2, 0.25) is 0 Å². The number of hydrogen-bond acceptors (Lipinski definition) is 0. The average molecular weight is 353 g/mol. The Morgan fingerprint density at radius 1 is 1.00 bits per heavy atom. The van der Waals surface area contributed by atoms with Crippen LogP contribution < -0.4 is 0 Å². The summed E-state index contributed by atoms with van der Waals surface area (Å²) in [5, 5.41) is 0. The summed E-state index contributed by atoms with van der Waals surface area (Å²) in [6.07, 6.45) is 11.4. The largest absolute Gasteiger partial charge is 0.0762 e. The molecule has 2 atom stereocenters. The van der Waals surface area contributed by atoms with E-state index in [2.05, 4.69) is 71.9 Å². The molecule has 0 nitrogen and oxygen atoms in total. The van der Waals surface area contributed by atoms with Crippen molar-refractivity contribution in [2.75, 3.05) is 0 Å². The zero-order valence-electron chi connectivity index (χ0n) is 18.1. The van der Waals surface area contributed by atoms with Crippen molar-refractivity contribution < 1.29 is 0 Å². The molecule has 144 valence electrons. The molecule has 0 radical (unpaired) electrons. The third-order valence-electron chi connectivity index (χ3n) is 6.15. The van der Waals surface area contributed by atoms with Gasteiger partial charge in [-0.1, -0.05) is 82.0 Å². The molecule has 0 aliphatic heterocycles. The van der Waals surface area contributed by atoms with Crippen molar-refractivity contribution in [1.29, 1.82) is 0 Å². The van der Waals surface area contributed by atoms with Crippen LogP contribution in [0.1, 0.15) is 109 Å². The zero-order valence-corrected chi connectivity index (χ0v) is 18.1. The molecule has 0 aromatic heterocycles. The Morgan fingerprint density at radius 2 is 1.62 bits per heavy atom. The van der Waals surface area contributed by atoms with E-state index in [9.17, 15) is 0 Å². The molecule has 1 aromatic carbocycles. The topological polar surface area (TPSA) is 0 Å². The first kappa shape index (κ1) is 21.0. The highest BCUT2D eigenvalue weighted by Gasteiger charge is 2.32. The van der Waals surface area contributed by atoms with E-state index in [0.717, 1.165) is 5.92 Å². The molecule has 1 aromatic rings. The van der Waals surface area contributed by atoms with Gasteiger partial charge in [0.05, 0.1) is 0 Å². The summed E-state index contributed by atoms with van der Waals surface area (Å²) in [5.74, 6) is 2.04. The SMILES string of the molecule is CCCC(CCC)C1C(CC)=C(C=C(C)C)C[C@H](CC)c2ccccc21.